The van der Waals surface area contributed by atoms with Crippen LogP contribution in [-0.2, 0) is 6.54 Å². The lowest BCUT2D eigenvalue weighted by molar-refractivity contribution is 0.252. The van der Waals surface area contributed by atoms with E-state index in [2.05, 4.69) is 34.7 Å². The van der Waals surface area contributed by atoms with Gasteiger partial charge >= 0.3 is 6.03 Å². The number of ether oxygens (including phenoxy) is 1. The lowest BCUT2D eigenvalue weighted by atomic mass is 10.1. The Morgan fingerprint density at radius 3 is 2.56 bits per heavy atom. The summed E-state index contributed by atoms with van der Waals surface area (Å²) in [4.78, 5) is 17.9. The summed E-state index contributed by atoms with van der Waals surface area (Å²) < 4.78 is 5.40. The van der Waals surface area contributed by atoms with E-state index in [1.165, 1.54) is 5.56 Å². The van der Waals surface area contributed by atoms with Crippen molar-refractivity contribution in [2.75, 3.05) is 11.9 Å². The summed E-state index contributed by atoms with van der Waals surface area (Å²) in [6.07, 6.45) is 0. The first-order chi connectivity index (χ1) is 13.1. The average molecular weight is 382 g/mol. The van der Waals surface area contributed by atoms with Crippen LogP contribution in [0.5, 0.6) is 5.75 Å². The van der Waals surface area contributed by atoms with Crippen LogP contribution in [0.15, 0.2) is 48.5 Å². The minimum Gasteiger partial charge on any atom is -0.494 e. The van der Waals surface area contributed by atoms with Gasteiger partial charge in [0.25, 0.3) is 0 Å². The quantitative estimate of drug-likeness (QED) is 0.621. The molecule has 0 aliphatic rings. The highest BCUT2D eigenvalue weighted by Crippen LogP contribution is 2.30. The number of carbonyl (C=O) groups is 1. The molecular formula is C21H23N3O2S. The number of hydrogen-bond acceptors (Lipinski definition) is 4. The van der Waals surface area contributed by atoms with Crippen molar-refractivity contribution in [1.29, 1.82) is 0 Å². The third-order valence-electron chi connectivity index (χ3n) is 4.10. The molecule has 0 aliphatic carbocycles. The van der Waals surface area contributed by atoms with Crippen molar-refractivity contribution in [2.24, 2.45) is 0 Å². The molecule has 0 unspecified atom stereocenters. The van der Waals surface area contributed by atoms with Crippen LogP contribution in [-0.4, -0.2) is 17.6 Å². The highest BCUT2D eigenvalue weighted by molar-refractivity contribution is 7.15. The highest BCUT2D eigenvalue weighted by atomic mass is 32.1. The molecule has 2 amide bonds. The molecule has 3 rings (SSSR count). The Balaban J connectivity index is 1.60. The van der Waals surface area contributed by atoms with Crippen molar-refractivity contribution in [3.63, 3.8) is 0 Å². The number of aryl methyl sites for hydroxylation is 2. The van der Waals surface area contributed by atoms with Gasteiger partial charge in [-0.1, -0.05) is 24.3 Å². The molecule has 3 aromatic rings. The second-order valence-corrected chi connectivity index (χ2v) is 7.19. The molecule has 0 spiro atoms. The van der Waals surface area contributed by atoms with Crippen molar-refractivity contribution in [3.05, 3.63) is 64.7 Å². The molecule has 1 aromatic heterocycles. The van der Waals surface area contributed by atoms with E-state index in [-0.39, 0.29) is 6.03 Å². The molecule has 0 bridgehead atoms. The van der Waals surface area contributed by atoms with E-state index in [0.717, 1.165) is 32.6 Å². The zero-order valence-corrected chi connectivity index (χ0v) is 16.5. The van der Waals surface area contributed by atoms with Crippen LogP contribution in [0.4, 0.5) is 10.5 Å². The molecule has 0 aliphatic heterocycles. The summed E-state index contributed by atoms with van der Waals surface area (Å²) >= 11 is 1.61. The number of carbonyl (C=O) groups excluding carboxylic acids is 1. The first kappa shape index (κ1) is 18.9. The van der Waals surface area contributed by atoms with Gasteiger partial charge in [0.1, 0.15) is 10.8 Å². The Morgan fingerprint density at radius 2 is 1.85 bits per heavy atom. The van der Waals surface area contributed by atoms with Crippen LogP contribution in [0.2, 0.25) is 0 Å². The molecule has 0 atom stereocenters. The van der Waals surface area contributed by atoms with Crippen LogP contribution >= 0.6 is 11.3 Å². The van der Waals surface area contributed by atoms with Gasteiger partial charge in [-0.2, -0.15) is 0 Å². The van der Waals surface area contributed by atoms with Gasteiger partial charge in [-0.3, -0.25) is 0 Å². The lowest BCUT2D eigenvalue weighted by Gasteiger charge is -2.08. The number of aromatic nitrogens is 1. The number of amides is 2. The maximum Gasteiger partial charge on any atom is 0.319 e. The van der Waals surface area contributed by atoms with Crippen molar-refractivity contribution < 1.29 is 9.53 Å². The number of nitrogens with one attached hydrogen (secondary N) is 2. The number of rotatable bonds is 6. The fourth-order valence-corrected chi connectivity index (χ4v) is 3.75. The zero-order chi connectivity index (χ0) is 19.2. The Kier molecular flexibility index (Phi) is 6.08. The van der Waals surface area contributed by atoms with Gasteiger partial charge in [-0.15, -0.1) is 11.3 Å². The number of anilines is 1. The molecule has 27 heavy (non-hydrogen) atoms. The predicted octanol–water partition coefficient (Wildman–Crippen LogP) is 5.15. The van der Waals surface area contributed by atoms with Gasteiger partial charge in [0.05, 0.1) is 18.8 Å². The van der Waals surface area contributed by atoms with Gasteiger partial charge in [0, 0.05) is 16.1 Å². The molecule has 0 radical (unpaired) electrons. The average Bonchev–Trinajstić information content (AvgIpc) is 3.03. The molecule has 2 aromatic carbocycles. The third-order valence-corrected chi connectivity index (χ3v) is 5.29. The van der Waals surface area contributed by atoms with Gasteiger partial charge in [-0.05, 0) is 50.6 Å². The Hall–Kier alpha value is -2.86. The second-order valence-electron chi connectivity index (χ2n) is 6.11. The highest BCUT2D eigenvalue weighted by Gasteiger charge is 2.12. The number of hydrogen-bond donors (Lipinski definition) is 2. The summed E-state index contributed by atoms with van der Waals surface area (Å²) in [5.41, 5.74) is 3.99. The summed E-state index contributed by atoms with van der Waals surface area (Å²) in [5.74, 6) is 0.785. The van der Waals surface area contributed by atoms with E-state index in [1.54, 1.807) is 11.3 Å². The number of benzene rings is 2. The second kappa shape index (κ2) is 8.68. The number of nitrogens with zero attached hydrogens (tertiary/aromatic N) is 1. The fraction of sp³-hybridized carbons (Fsp3) is 0.238. The molecule has 0 fully saturated rings. The van der Waals surface area contributed by atoms with Crippen molar-refractivity contribution in [2.45, 2.75) is 27.3 Å². The molecule has 5 nitrogen and oxygen atoms in total. The summed E-state index contributed by atoms with van der Waals surface area (Å²) in [5, 5.41) is 6.70. The zero-order valence-electron chi connectivity index (χ0n) is 15.7. The Labute approximate surface area is 163 Å². The summed E-state index contributed by atoms with van der Waals surface area (Å²) in [6.45, 7) is 7.05. The third kappa shape index (κ3) is 4.86. The van der Waals surface area contributed by atoms with E-state index in [4.69, 9.17) is 4.74 Å². The minimum absolute atomic E-state index is 0.246. The molecule has 1 heterocycles. The molecule has 0 saturated heterocycles. The van der Waals surface area contributed by atoms with Gasteiger partial charge < -0.3 is 15.4 Å². The first-order valence-corrected chi connectivity index (χ1v) is 9.68. The number of urea groups is 1. The molecular weight excluding hydrogens is 358 g/mol. The summed E-state index contributed by atoms with van der Waals surface area (Å²) in [7, 11) is 0. The van der Waals surface area contributed by atoms with E-state index < -0.39 is 0 Å². The maximum absolute atomic E-state index is 12.2. The fourth-order valence-electron chi connectivity index (χ4n) is 2.66. The molecule has 140 valence electrons. The molecule has 6 heteroatoms. The smallest absolute Gasteiger partial charge is 0.319 e. The normalized spacial score (nSPS) is 10.5. The molecule has 0 saturated carbocycles. The van der Waals surface area contributed by atoms with E-state index >= 15 is 0 Å². The van der Waals surface area contributed by atoms with Crippen molar-refractivity contribution in [3.8, 4) is 16.3 Å². The predicted molar refractivity (Wildman–Crippen MR) is 110 cm³/mol. The Morgan fingerprint density at radius 1 is 1.11 bits per heavy atom. The largest absolute Gasteiger partial charge is 0.494 e. The van der Waals surface area contributed by atoms with Crippen LogP contribution < -0.4 is 15.4 Å². The number of thiazole rings is 1. The van der Waals surface area contributed by atoms with Crippen LogP contribution in [0.1, 0.15) is 23.1 Å². The minimum atomic E-state index is -0.246. The van der Waals surface area contributed by atoms with Crippen molar-refractivity contribution in [1.82, 2.24) is 10.3 Å². The van der Waals surface area contributed by atoms with Crippen LogP contribution in [0, 0.1) is 13.8 Å². The Bertz CT molecular complexity index is 919. The van der Waals surface area contributed by atoms with Gasteiger partial charge in [0.15, 0.2) is 0 Å². The van der Waals surface area contributed by atoms with E-state index in [0.29, 0.717) is 13.2 Å². The molecule has 2 N–H and O–H groups in total. The SMILES string of the molecule is CCOc1ccc(NC(=O)NCc2sc(-c3ccccc3C)nc2C)cc1. The van der Waals surface area contributed by atoms with E-state index in [9.17, 15) is 4.79 Å². The standard InChI is InChI=1S/C21H23N3O2S/c1-4-26-17-11-9-16(10-12-17)24-21(25)22-13-19-15(3)23-20(27-19)18-8-6-5-7-14(18)2/h5-12H,4,13H2,1-3H3,(H2,22,24,25). The first-order valence-electron chi connectivity index (χ1n) is 8.87. The maximum atomic E-state index is 12.2. The topological polar surface area (TPSA) is 63.2 Å². The van der Waals surface area contributed by atoms with E-state index in [1.807, 2.05) is 50.2 Å². The van der Waals surface area contributed by atoms with Gasteiger partial charge in [0.2, 0.25) is 0 Å². The summed E-state index contributed by atoms with van der Waals surface area (Å²) in [6, 6.07) is 15.2. The van der Waals surface area contributed by atoms with Gasteiger partial charge in [-0.25, -0.2) is 9.78 Å². The van der Waals surface area contributed by atoms with Crippen LogP contribution in [0.25, 0.3) is 10.6 Å². The monoisotopic (exact) mass is 381 g/mol. The van der Waals surface area contributed by atoms with Crippen molar-refractivity contribution >= 4 is 23.1 Å². The lowest BCUT2D eigenvalue weighted by Crippen LogP contribution is -2.28. The van der Waals surface area contributed by atoms with Crippen LogP contribution in [0.3, 0.4) is 0 Å².